The molecule has 0 saturated carbocycles. The highest BCUT2D eigenvalue weighted by molar-refractivity contribution is 5.77. The maximum Gasteiger partial charge on any atom is 0.306 e. The fourth-order valence-electron chi connectivity index (χ4n) is 7.07. The zero-order valence-electron chi connectivity index (χ0n) is 38.6. The van der Waals surface area contributed by atoms with Crippen molar-refractivity contribution in [3.63, 3.8) is 0 Å². The highest BCUT2D eigenvalue weighted by atomic mass is 16.5. The molecule has 6 heteroatoms. The Morgan fingerprint density at radius 2 is 0.932 bits per heavy atom. The van der Waals surface area contributed by atoms with Gasteiger partial charge in [0.05, 0.1) is 25.2 Å². The molecule has 0 aliphatic rings. The number of amides is 1. The smallest absolute Gasteiger partial charge is 0.306 e. The lowest BCUT2D eigenvalue weighted by atomic mass is 10.0. The maximum absolute atomic E-state index is 13.2. The maximum atomic E-state index is 13.2. The molecule has 0 bridgehead atoms. The number of aliphatic hydroxyl groups is 2. The van der Waals surface area contributed by atoms with Crippen LogP contribution in [0.2, 0.25) is 0 Å². The zero-order chi connectivity index (χ0) is 43.1. The minimum atomic E-state index is -0.807. The van der Waals surface area contributed by atoms with E-state index in [-0.39, 0.29) is 31.3 Å². The minimum Gasteiger partial charge on any atom is -0.462 e. The van der Waals surface area contributed by atoms with Gasteiger partial charge < -0.3 is 20.3 Å². The van der Waals surface area contributed by atoms with Crippen molar-refractivity contribution in [1.82, 2.24) is 5.32 Å². The van der Waals surface area contributed by atoms with Gasteiger partial charge in [-0.2, -0.15) is 0 Å². The molecular weight excluding hydrogens is 731 g/mol. The highest BCUT2D eigenvalue weighted by Gasteiger charge is 2.23. The lowest BCUT2D eigenvalue weighted by Crippen LogP contribution is -2.46. The number of nitrogens with one attached hydrogen (secondary N) is 1. The third-order valence-corrected chi connectivity index (χ3v) is 10.8. The van der Waals surface area contributed by atoms with E-state index >= 15 is 0 Å². The summed E-state index contributed by atoms with van der Waals surface area (Å²) in [5.41, 5.74) is 0. The molecule has 0 fully saturated rings. The molecule has 3 unspecified atom stereocenters. The van der Waals surface area contributed by atoms with E-state index in [0.717, 1.165) is 70.6 Å². The summed E-state index contributed by atoms with van der Waals surface area (Å²) in [6.45, 7) is 6.33. The second-order valence-electron chi connectivity index (χ2n) is 16.5. The summed E-state index contributed by atoms with van der Waals surface area (Å²) in [6, 6.07) is -0.725. The summed E-state index contributed by atoms with van der Waals surface area (Å²) in [6.07, 6.45) is 58.3. The van der Waals surface area contributed by atoms with E-state index in [1.807, 2.05) is 6.08 Å². The summed E-state index contributed by atoms with van der Waals surface area (Å²) in [5.74, 6) is -0.605. The number of hydrogen-bond acceptors (Lipinski definition) is 5. The van der Waals surface area contributed by atoms with Gasteiger partial charge in [-0.3, -0.25) is 9.59 Å². The molecule has 0 aliphatic heterocycles. The third-order valence-electron chi connectivity index (χ3n) is 10.8. The molecule has 0 rings (SSSR count). The largest absolute Gasteiger partial charge is 0.462 e. The zero-order valence-corrected chi connectivity index (χ0v) is 38.6. The quantitative estimate of drug-likeness (QED) is 0.0323. The van der Waals surface area contributed by atoms with Crippen LogP contribution in [0.4, 0.5) is 0 Å². The number of esters is 1. The standard InChI is InChI=1S/C53H93NO5/c1-4-7-10-13-16-19-22-25-26-27-28-31-34-37-40-43-46-53(58)59-49(44-41-38-35-32-29-23-20-17-14-11-8-5-2)47-52(57)54-50(48-55)51(56)45-42-39-36-33-30-24-21-18-15-12-9-6-3/h7,10,16,19,25-26,28,31-32,35,37,40,49-51,55-56H,4-6,8-9,11-15,17-18,20-24,27,29-30,33-34,36,38-39,41-48H2,1-3H3,(H,54,57)/b10-7+,19-16+,26-25+,31-28+,35-32-,40-37+. The average molecular weight is 824 g/mol. The van der Waals surface area contributed by atoms with Crippen LogP contribution in [0, 0.1) is 0 Å². The van der Waals surface area contributed by atoms with Crippen LogP contribution < -0.4 is 5.32 Å². The van der Waals surface area contributed by atoms with E-state index in [1.54, 1.807) is 0 Å². The number of carbonyl (C=O) groups is 2. The Morgan fingerprint density at radius 1 is 0.508 bits per heavy atom. The first kappa shape index (κ1) is 56.3. The van der Waals surface area contributed by atoms with Crippen LogP contribution >= 0.6 is 0 Å². The van der Waals surface area contributed by atoms with Gasteiger partial charge in [-0.05, 0) is 77.0 Å². The Bertz CT molecular complexity index is 1110. The van der Waals surface area contributed by atoms with Gasteiger partial charge in [-0.25, -0.2) is 0 Å². The molecule has 0 aromatic carbocycles. The van der Waals surface area contributed by atoms with Crippen LogP contribution in [0.1, 0.15) is 226 Å². The molecule has 0 aromatic rings. The molecule has 1 amide bonds. The van der Waals surface area contributed by atoms with Crippen LogP contribution in [0.3, 0.4) is 0 Å². The molecule has 0 saturated heterocycles. The Morgan fingerprint density at radius 3 is 1.42 bits per heavy atom. The number of rotatable bonds is 43. The predicted octanol–water partition coefficient (Wildman–Crippen LogP) is 14.6. The Balaban J connectivity index is 4.72. The van der Waals surface area contributed by atoms with Gasteiger partial charge in [0.2, 0.25) is 5.91 Å². The molecule has 3 N–H and O–H groups in total. The fraction of sp³-hybridized carbons (Fsp3) is 0.736. The highest BCUT2D eigenvalue weighted by Crippen LogP contribution is 2.16. The summed E-state index contributed by atoms with van der Waals surface area (Å²) in [4.78, 5) is 26.0. The van der Waals surface area contributed by atoms with Crippen molar-refractivity contribution in [2.45, 2.75) is 244 Å². The van der Waals surface area contributed by atoms with Crippen molar-refractivity contribution >= 4 is 11.9 Å². The molecule has 0 radical (unpaired) electrons. The van der Waals surface area contributed by atoms with Gasteiger partial charge in [0.25, 0.3) is 0 Å². The van der Waals surface area contributed by atoms with E-state index in [4.69, 9.17) is 4.74 Å². The number of hydrogen-bond donors (Lipinski definition) is 3. The molecule has 0 aliphatic carbocycles. The van der Waals surface area contributed by atoms with Crippen molar-refractivity contribution in [2.75, 3.05) is 6.61 Å². The SMILES string of the molecule is CC/C=C/C/C=C/C/C=C/C/C=C/C/C=C/CCC(=O)OC(CCC/C=C\CCCCCCCCC)CC(=O)NC(CO)C(O)CCCCCCCCCCCCCC. The first-order valence-corrected chi connectivity index (χ1v) is 24.7. The van der Waals surface area contributed by atoms with Gasteiger partial charge in [0, 0.05) is 6.42 Å². The average Bonchev–Trinajstić information content (AvgIpc) is 3.23. The molecular formula is C53H93NO5. The van der Waals surface area contributed by atoms with Crippen LogP contribution in [0.15, 0.2) is 72.9 Å². The minimum absolute atomic E-state index is 0.0248. The molecule has 0 spiro atoms. The van der Waals surface area contributed by atoms with Gasteiger partial charge in [0.15, 0.2) is 0 Å². The predicted molar refractivity (Wildman–Crippen MR) is 255 cm³/mol. The third kappa shape index (κ3) is 41.8. The van der Waals surface area contributed by atoms with Crippen molar-refractivity contribution in [2.24, 2.45) is 0 Å². The Labute approximate surface area is 364 Å². The van der Waals surface area contributed by atoms with Crippen molar-refractivity contribution in [1.29, 1.82) is 0 Å². The molecule has 59 heavy (non-hydrogen) atoms. The van der Waals surface area contributed by atoms with Crippen LogP contribution in [-0.2, 0) is 14.3 Å². The summed E-state index contributed by atoms with van der Waals surface area (Å²) in [5, 5.41) is 23.7. The Kier molecular flexibility index (Phi) is 44.2. The second kappa shape index (κ2) is 46.4. The monoisotopic (exact) mass is 824 g/mol. The van der Waals surface area contributed by atoms with E-state index in [1.165, 1.54) is 103 Å². The van der Waals surface area contributed by atoms with E-state index < -0.39 is 18.2 Å². The summed E-state index contributed by atoms with van der Waals surface area (Å²) < 4.78 is 5.86. The first-order valence-electron chi connectivity index (χ1n) is 24.7. The van der Waals surface area contributed by atoms with Crippen LogP contribution in [0.25, 0.3) is 0 Å². The molecule has 0 aromatic heterocycles. The topological polar surface area (TPSA) is 95.9 Å². The number of unbranched alkanes of at least 4 members (excludes halogenated alkanes) is 19. The van der Waals surface area contributed by atoms with Gasteiger partial charge >= 0.3 is 5.97 Å². The fourth-order valence-corrected chi connectivity index (χ4v) is 7.07. The normalized spacial score (nSPS) is 13.9. The Hall–Kier alpha value is -2.70. The van der Waals surface area contributed by atoms with Gasteiger partial charge in [-0.15, -0.1) is 0 Å². The number of allylic oxidation sites excluding steroid dienone is 12. The number of ether oxygens (including phenoxy) is 1. The van der Waals surface area contributed by atoms with E-state index in [2.05, 4.69) is 92.9 Å². The lowest BCUT2D eigenvalue weighted by Gasteiger charge is -2.24. The van der Waals surface area contributed by atoms with E-state index in [9.17, 15) is 19.8 Å². The number of aliphatic hydroxyl groups excluding tert-OH is 2. The van der Waals surface area contributed by atoms with Gasteiger partial charge in [0.1, 0.15) is 6.10 Å². The second-order valence-corrected chi connectivity index (χ2v) is 16.5. The number of carbonyl (C=O) groups excluding carboxylic acids is 2. The van der Waals surface area contributed by atoms with Gasteiger partial charge in [-0.1, -0.05) is 209 Å². The van der Waals surface area contributed by atoms with E-state index in [0.29, 0.717) is 19.3 Å². The van der Waals surface area contributed by atoms with Crippen molar-refractivity contribution < 1.29 is 24.5 Å². The van der Waals surface area contributed by atoms with Crippen LogP contribution in [-0.4, -0.2) is 46.9 Å². The van der Waals surface area contributed by atoms with Crippen LogP contribution in [0.5, 0.6) is 0 Å². The lowest BCUT2D eigenvalue weighted by molar-refractivity contribution is -0.150. The summed E-state index contributed by atoms with van der Waals surface area (Å²) in [7, 11) is 0. The molecule has 0 heterocycles. The molecule has 340 valence electrons. The van der Waals surface area contributed by atoms with Crippen molar-refractivity contribution in [3.8, 4) is 0 Å². The molecule has 3 atom stereocenters. The molecule has 6 nitrogen and oxygen atoms in total. The van der Waals surface area contributed by atoms with Crippen molar-refractivity contribution in [3.05, 3.63) is 72.9 Å². The first-order chi connectivity index (χ1) is 29.0. The summed E-state index contributed by atoms with van der Waals surface area (Å²) >= 11 is 0.